The highest BCUT2D eigenvalue weighted by molar-refractivity contribution is 9.10. The number of halogens is 1. The van der Waals surface area contributed by atoms with Gasteiger partial charge in [0.25, 0.3) is 0 Å². The van der Waals surface area contributed by atoms with Crippen LogP contribution in [0, 0.1) is 30.1 Å². The van der Waals surface area contributed by atoms with E-state index >= 15 is 0 Å². The van der Waals surface area contributed by atoms with E-state index in [-0.39, 0.29) is 30.1 Å². The summed E-state index contributed by atoms with van der Waals surface area (Å²) in [5.74, 6) is -2.41. The summed E-state index contributed by atoms with van der Waals surface area (Å²) in [4.78, 5) is 38.9. The van der Waals surface area contributed by atoms with Gasteiger partial charge < -0.3 is 5.11 Å². The zero-order valence-electron chi connectivity index (χ0n) is 13.0. The molecule has 4 atom stereocenters. The number of carbonyl (C=O) groups excluding carboxylic acids is 2. The maximum absolute atomic E-state index is 13.2. The molecule has 0 aromatic heterocycles. The van der Waals surface area contributed by atoms with Crippen LogP contribution in [0.5, 0.6) is 0 Å². The number of carbonyl (C=O) groups is 3. The molecule has 1 heterocycles. The molecule has 6 heteroatoms. The zero-order valence-corrected chi connectivity index (χ0v) is 14.6. The molecule has 2 bridgehead atoms. The highest BCUT2D eigenvalue weighted by Crippen LogP contribution is 2.62. The number of aliphatic carboxylic acids is 1. The average Bonchev–Trinajstić information content (AvgIpc) is 3.15. The number of benzene rings is 1. The summed E-state index contributed by atoms with van der Waals surface area (Å²) in [6.07, 6.45) is 4.30. The summed E-state index contributed by atoms with van der Waals surface area (Å²) in [5.41, 5.74) is 0.311. The Hall–Kier alpha value is -1.95. The third kappa shape index (κ3) is 1.83. The molecule has 1 saturated heterocycles. The molecule has 2 fully saturated rings. The van der Waals surface area contributed by atoms with Gasteiger partial charge in [0.1, 0.15) is 0 Å². The van der Waals surface area contributed by atoms with Crippen molar-refractivity contribution in [2.45, 2.75) is 19.8 Å². The quantitative estimate of drug-likeness (QED) is 0.636. The van der Waals surface area contributed by atoms with Crippen molar-refractivity contribution in [1.82, 2.24) is 0 Å². The van der Waals surface area contributed by atoms with E-state index < -0.39 is 17.3 Å². The van der Waals surface area contributed by atoms with Crippen LogP contribution in [0.1, 0.15) is 18.4 Å². The van der Waals surface area contributed by atoms with Crippen LogP contribution in [-0.4, -0.2) is 22.9 Å². The second-order valence-electron chi connectivity index (χ2n) is 6.89. The Morgan fingerprint density at radius 3 is 2.79 bits per heavy atom. The van der Waals surface area contributed by atoms with E-state index in [0.717, 1.165) is 10.0 Å². The summed E-state index contributed by atoms with van der Waals surface area (Å²) in [5, 5.41) is 9.37. The van der Waals surface area contributed by atoms with Gasteiger partial charge in [-0.1, -0.05) is 28.1 Å². The minimum Gasteiger partial charge on any atom is -0.481 e. The van der Waals surface area contributed by atoms with Crippen LogP contribution in [0.25, 0.3) is 0 Å². The highest BCUT2D eigenvalue weighted by atomic mass is 79.9. The lowest BCUT2D eigenvalue weighted by Gasteiger charge is -2.31. The minimum absolute atomic E-state index is 0.0349. The SMILES string of the molecule is Cc1cc(N2C(=O)[C@@H]3C4C=CC(C4)[C@]3(CC(=O)O)C2=O)ccc1Br. The molecule has 5 nitrogen and oxygen atoms in total. The molecule has 24 heavy (non-hydrogen) atoms. The summed E-state index contributed by atoms with van der Waals surface area (Å²) < 4.78 is 0.896. The van der Waals surface area contributed by atoms with Crippen molar-refractivity contribution in [3.8, 4) is 0 Å². The highest BCUT2D eigenvalue weighted by Gasteiger charge is 2.70. The van der Waals surface area contributed by atoms with Crippen molar-refractivity contribution in [1.29, 1.82) is 0 Å². The fourth-order valence-electron chi connectivity index (χ4n) is 4.69. The molecule has 0 radical (unpaired) electrons. The van der Waals surface area contributed by atoms with Crippen molar-refractivity contribution >= 4 is 39.4 Å². The van der Waals surface area contributed by atoms with E-state index in [1.54, 1.807) is 18.2 Å². The van der Waals surface area contributed by atoms with E-state index in [9.17, 15) is 19.5 Å². The van der Waals surface area contributed by atoms with Gasteiger partial charge in [-0.15, -0.1) is 0 Å². The van der Waals surface area contributed by atoms with Gasteiger partial charge in [-0.3, -0.25) is 14.4 Å². The number of anilines is 1. The van der Waals surface area contributed by atoms with Crippen LogP contribution in [0.2, 0.25) is 0 Å². The topological polar surface area (TPSA) is 74.7 Å². The van der Waals surface area contributed by atoms with E-state index in [2.05, 4.69) is 15.9 Å². The van der Waals surface area contributed by atoms with Crippen LogP contribution < -0.4 is 4.90 Å². The molecular formula is C18H16BrNO4. The van der Waals surface area contributed by atoms with Gasteiger partial charge in [0.05, 0.1) is 23.4 Å². The number of fused-ring (bicyclic) bond motifs is 5. The molecule has 1 aromatic rings. The maximum atomic E-state index is 13.2. The van der Waals surface area contributed by atoms with E-state index in [1.165, 1.54) is 4.90 Å². The normalized spacial score (nSPS) is 33.4. The Bertz CT molecular complexity index is 817. The van der Waals surface area contributed by atoms with Gasteiger partial charge in [-0.25, -0.2) is 4.90 Å². The summed E-state index contributed by atoms with van der Waals surface area (Å²) >= 11 is 3.41. The molecule has 1 N–H and O–H groups in total. The maximum Gasteiger partial charge on any atom is 0.304 e. The van der Waals surface area contributed by atoms with Gasteiger partial charge in [-0.05, 0) is 48.9 Å². The Kier molecular flexibility index (Phi) is 3.26. The predicted molar refractivity (Wildman–Crippen MR) is 90.3 cm³/mol. The molecule has 124 valence electrons. The van der Waals surface area contributed by atoms with Gasteiger partial charge in [-0.2, -0.15) is 0 Å². The van der Waals surface area contributed by atoms with Gasteiger partial charge in [0, 0.05) is 4.47 Å². The fourth-order valence-corrected chi connectivity index (χ4v) is 4.94. The van der Waals surface area contributed by atoms with Crippen LogP contribution in [-0.2, 0) is 14.4 Å². The Morgan fingerprint density at radius 1 is 1.38 bits per heavy atom. The molecule has 4 rings (SSSR count). The standard InChI is InChI=1S/C18H16BrNO4/c1-9-6-12(4-5-13(9)19)20-16(23)15-10-2-3-11(7-10)18(15,17(20)24)8-14(21)22/h2-6,10-11,15H,7-8H2,1H3,(H,21,22)/t10?,11?,15-,18-/m0/s1. The second-order valence-corrected chi connectivity index (χ2v) is 7.75. The first kappa shape index (κ1) is 15.6. The van der Waals surface area contributed by atoms with Crippen LogP contribution in [0.15, 0.2) is 34.8 Å². The number of hydrogen-bond acceptors (Lipinski definition) is 3. The van der Waals surface area contributed by atoms with Crippen LogP contribution in [0.4, 0.5) is 5.69 Å². The number of rotatable bonds is 3. The smallest absolute Gasteiger partial charge is 0.304 e. The molecule has 2 amide bonds. The first-order valence-electron chi connectivity index (χ1n) is 7.91. The Balaban J connectivity index is 1.83. The first-order chi connectivity index (χ1) is 11.4. The molecule has 1 saturated carbocycles. The summed E-state index contributed by atoms with van der Waals surface area (Å²) in [6, 6.07) is 5.30. The fraction of sp³-hybridized carbons (Fsp3) is 0.389. The molecule has 2 unspecified atom stereocenters. The van der Waals surface area contributed by atoms with Crippen molar-refractivity contribution in [3.05, 3.63) is 40.4 Å². The molecule has 1 aliphatic heterocycles. The molecule has 3 aliphatic rings. The number of allylic oxidation sites excluding steroid dienone is 2. The lowest BCUT2D eigenvalue weighted by atomic mass is 9.68. The lowest BCUT2D eigenvalue weighted by molar-refractivity contribution is -0.145. The zero-order chi connectivity index (χ0) is 17.2. The molecular weight excluding hydrogens is 374 g/mol. The van der Waals surface area contributed by atoms with Gasteiger partial charge >= 0.3 is 5.97 Å². The van der Waals surface area contributed by atoms with Crippen molar-refractivity contribution in [2.24, 2.45) is 23.2 Å². The molecule has 0 spiro atoms. The largest absolute Gasteiger partial charge is 0.481 e. The molecule has 2 aliphatic carbocycles. The average molecular weight is 390 g/mol. The lowest BCUT2D eigenvalue weighted by Crippen LogP contribution is -2.41. The number of carboxylic acid groups (broad SMARTS) is 1. The second kappa shape index (κ2) is 5.02. The number of aryl methyl sites for hydroxylation is 1. The van der Waals surface area contributed by atoms with Crippen molar-refractivity contribution < 1.29 is 19.5 Å². The summed E-state index contributed by atoms with van der Waals surface area (Å²) in [6.45, 7) is 1.89. The molecule has 1 aromatic carbocycles. The van der Waals surface area contributed by atoms with Crippen LogP contribution >= 0.6 is 15.9 Å². The number of carboxylic acids is 1. The Labute approximate surface area is 147 Å². The number of nitrogens with zero attached hydrogens (tertiary/aromatic N) is 1. The van der Waals surface area contributed by atoms with E-state index in [0.29, 0.717) is 12.1 Å². The summed E-state index contributed by atoms with van der Waals surface area (Å²) in [7, 11) is 0. The van der Waals surface area contributed by atoms with Gasteiger partial charge in [0.15, 0.2) is 0 Å². The van der Waals surface area contributed by atoms with E-state index in [4.69, 9.17) is 0 Å². The number of imide groups is 1. The van der Waals surface area contributed by atoms with Gasteiger partial charge in [0.2, 0.25) is 11.8 Å². The number of amides is 2. The van der Waals surface area contributed by atoms with E-state index in [1.807, 2.05) is 19.1 Å². The third-order valence-electron chi connectivity index (χ3n) is 5.69. The minimum atomic E-state index is -1.12. The predicted octanol–water partition coefficient (Wildman–Crippen LogP) is 2.91. The first-order valence-corrected chi connectivity index (χ1v) is 8.70. The van der Waals surface area contributed by atoms with Crippen molar-refractivity contribution in [2.75, 3.05) is 4.90 Å². The number of hydrogen-bond donors (Lipinski definition) is 1. The Morgan fingerprint density at radius 2 is 2.12 bits per heavy atom. The van der Waals surface area contributed by atoms with Crippen LogP contribution in [0.3, 0.4) is 0 Å². The monoisotopic (exact) mass is 389 g/mol. The van der Waals surface area contributed by atoms with Crippen molar-refractivity contribution in [3.63, 3.8) is 0 Å². The third-order valence-corrected chi connectivity index (χ3v) is 6.58.